The van der Waals surface area contributed by atoms with Gasteiger partial charge in [-0.3, -0.25) is 0 Å². The fraction of sp³-hybridized carbons (Fsp3) is 0.233. The van der Waals surface area contributed by atoms with E-state index in [-0.39, 0.29) is 23.5 Å². The minimum Gasteiger partial charge on any atom is -0.462 e. The molecule has 0 aromatic heterocycles. The molecule has 0 unspecified atom stereocenters. The Morgan fingerprint density at radius 2 is 1.40 bits per heavy atom. The van der Waals surface area contributed by atoms with Crippen LogP contribution >= 0.6 is 0 Å². The molecule has 13 heteroatoms. The molecule has 0 atom stereocenters. The van der Waals surface area contributed by atoms with Crippen molar-refractivity contribution in [1.82, 2.24) is 0 Å². The minimum absolute atomic E-state index is 0.0218. The predicted octanol–water partition coefficient (Wildman–Crippen LogP) is 6.00. The Hall–Kier alpha value is -4.94. The van der Waals surface area contributed by atoms with E-state index in [1.54, 1.807) is 30.3 Å². The van der Waals surface area contributed by atoms with Crippen molar-refractivity contribution >= 4 is 35.4 Å². The lowest BCUT2D eigenvalue weighted by Gasteiger charge is -2.19. The van der Waals surface area contributed by atoms with Crippen molar-refractivity contribution in [2.45, 2.75) is 31.4 Å². The Morgan fingerprint density at radius 3 is 2.02 bits per heavy atom. The van der Waals surface area contributed by atoms with Gasteiger partial charge < -0.3 is 25.7 Å². The lowest BCUT2D eigenvalue weighted by Crippen LogP contribution is -2.36. The predicted molar refractivity (Wildman–Crippen MR) is 147 cm³/mol. The highest BCUT2D eigenvalue weighted by atomic mass is 19.4. The molecule has 0 heterocycles. The molecule has 0 aliphatic rings. The summed E-state index contributed by atoms with van der Waals surface area (Å²) >= 11 is 0. The number of alkyl halides is 5. The van der Waals surface area contributed by atoms with Crippen LogP contribution in [0.3, 0.4) is 0 Å². The molecule has 0 spiro atoms. The van der Waals surface area contributed by atoms with E-state index in [1.807, 2.05) is 0 Å². The van der Waals surface area contributed by atoms with Gasteiger partial charge in [-0.15, -0.1) is 0 Å². The van der Waals surface area contributed by atoms with Gasteiger partial charge in [0, 0.05) is 30.3 Å². The van der Waals surface area contributed by atoms with Crippen LogP contribution in [0.25, 0.3) is 6.08 Å². The molecule has 0 radical (unpaired) electrons. The van der Waals surface area contributed by atoms with Gasteiger partial charge in [0.25, 0.3) is 0 Å². The highest BCUT2D eigenvalue weighted by Gasteiger charge is 2.56. The third kappa shape index (κ3) is 9.83. The second-order valence-electron chi connectivity index (χ2n) is 9.19. The Balaban J connectivity index is 1.42. The Labute approximate surface area is 243 Å². The summed E-state index contributed by atoms with van der Waals surface area (Å²) in [6, 6.07) is 16.3. The van der Waals surface area contributed by atoms with Gasteiger partial charge >= 0.3 is 30.0 Å². The maximum Gasteiger partial charge on any atom is 0.453 e. The van der Waals surface area contributed by atoms with Gasteiger partial charge in [-0.1, -0.05) is 18.2 Å². The van der Waals surface area contributed by atoms with Crippen LogP contribution in [0.15, 0.2) is 72.8 Å². The van der Waals surface area contributed by atoms with Crippen molar-refractivity contribution in [2.75, 3.05) is 24.7 Å². The van der Waals surface area contributed by atoms with Crippen LogP contribution in [0, 0.1) is 0 Å². The van der Waals surface area contributed by atoms with Crippen molar-refractivity contribution in [3.05, 3.63) is 95.1 Å². The molecule has 0 saturated carbocycles. The summed E-state index contributed by atoms with van der Waals surface area (Å²) in [6.45, 7) is -0.509. The molecular formula is C30H27F5N2O6. The van der Waals surface area contributed by atoms with Crippen molar-refractivity contribution in [2.24, 2.45) is 0 Å². The number of halogens is 5. The normalized spacial score (nSPS) is 11.7. The average Bonchev–Trinajstić information content (AvgIpc) is 2.95. The number of ether oxygens (including phenoxy) is 3. The molecule has 3 aromatic carbocycles. The fourth-order valence-electron chi connectivity index (χ4n) is 3.55. The third-order valence-electron chi connectivity index (χ3n) is 5.93. The monoisotopic (exact) mass is 606 g/mol. The first-order valence-electron chi connectivity index (χ1n) is 12.8. The highest BCUT2D eigenvalue weighted by molar-refractivity contribution is 5.92. The second kappa shape index (κ2) is 14.3. The number of carbonyl (C=O) groups is 3. The first-order valence-corrected chi connectivity index (χ1v) is 12.8. The van der Waals surface area contributed by atoms with Gasteiger partial charge in [-0.25, -0.2) is 14.4 Å². The van der Waals surface area contributed by atoms with Gasteiger partial charge in [0.15, 0.2) is 0 Å². The van der Waals surface area contributed by atoms with E-state index in [1.165, 1.54) is 48.6 Å². The van der Waals surface area contributed by atoms with E-state index in [9.17, 15) is 36.3 Å². The Morgan fingerprint density at radius 1 is 0.767 bits per heavy atom. The zero-order valence-electron chi connectivity index (χ0n) is 22.5. The summed E-state index contributed by atoms with van der Waals surface area (Å²) in [4.78, 5) is 36.4. The fourth-order valence-corrected chi connectivity index (χ4v) is 3.55. The van der Waals surface area contributed by atoms with E-state index in [0.29, 0.717) is 23.4 Å². The van der Waals surface area contributed by atoms with Crippen LogP contribution in [-0.4, -0.2) is 43.2 Å². The lowest BCUT2D eigenvalue weighted by molar-refractivity contribution is -0.284. The van der Waals surface area contributed by atoms with E-state index in [0.717, 1.165) is 5.56 Å². The molecule has 0 bridgehead atoms. The van der Waals surface area contributed by atoms with Gasteiger partial charge in [0.2, 0.25) is 0 Å². The Bertz CT molecular complexity index is 1460. The van der Waals surface area contributed by atoms with Crippen LogP contribution in [0.4, 0.5) is 33.3 Å². The molecule has 0 fully saturated rings. The van der Waals surface area contributed by atoms with Gasteiger partial charge in [-0.2, -0.15) is 22.0 Å². The second-order valence-corrected chi connectivity index (χ2v) is 9.19. The Kier molecular flexibility index (Phi) is 10.8. The van der Waals surface area contributed by atoms with Gasteiger partial charge in [-0.05, 0) is 72.2 Å². The number of nitrogens with two attached hydrogens (primary N) is 2. The molecule has 43 heavy (non-hydrogen) atoms. The molecule has 0 amide bonds. The van der Waals surface area contributed by atoms with Crippen LogP contribution in [-0.2, 0) is 20.7 Å². The first kappa shape index (κ1) is 32.6. The quantitative estimate of drug-likeness (QED) is 0.0641. The molecule has 3 aromatic rings. The molecule has 0 saturated heterocycles. The van der Waals surface area contributed by atoms with Crippen LogP contribution < -0.4 is 16.2 Å². The number of hydrogen-bond acceptors (Lipinski definition) is 8. The smallest absolute Gasteiger partial charge is 0.453 e. The van der Waals surface area contributed by atoms with E-state index in [4.69, 9.17) is 25.7 Å². The van der Waals surface area contributed by atoms with Crippen LogP contribution in [0.2, 0.25) is 0 Å². The summed E-state index contributed by atoms with van der Waals surface area (Å²) in [5.41, 5.74) is 14.2. The summed E-state index contributed by atoms with van der Waals surface area (Å²) in [7, 11) is 0. The number of hydrogen-bond donors (Lipinski definition) is 2. The number of nitrogen functional groups attached to an aromatic ring is 2. The maximum atomic E-state index is 12.9. The molecular weight excluding hydrogens is 579 g/mol. The topological polar surface area (TPSA) is 131 Å². The highest BCUT2D eigenvalue weighted by Crippen LogP contribution is 2.38. The van der Waals surface area contributed by atoms with Crippen LogP contribution in [0.5, 0.6) is 5.75 Å². The first-order chi connectivity index (χ1) is 20.2. The molecule has 0 aliphatic carbocycles. The largest absolute Gasteiger partial charge is 0.462 e. The molecule has 3 rings (SSSR count). The van der Waals surface area contributed by atoms with Crippen molar-refractivity contribution < 1.29 is 50.5 Å². The summed E-state index contributed by atoms with van der Waals surface area (Å²) < 4.78 is 77.5. The van der Waals surface area contributed by atoms with E-state index >= 15 is 0 Å². The summed E-state index contributed by atoms with van der Waals surface area (Å²) in [6.07, 6.45) is -4.69. The summed E-state index contributed by atoms with van der Waals surface area (Å²) in [5.74, 6) is -7.00. The van der Waals surface area contributed by atoms with Gasteiger partial charge in [0.05, 0.1) is 24.3 Å². The number of carbonyl (C=O) groups excluding carboxylic acids is 3. The van der Waals surface area contributed by atoms with E-state index in [2.05, 4.69) is 0 Å². The molecule has 0 aliphatic heterocycles. The number of benzene rings is 3. The number of anilines is 2. The molecule has 4 N–H and O–H groups in total. The molecule has 8 nitrogen and oxygen atoms in total. The van der Waals surface area contributed by atoms with Crippen molar-refractivity contribution in [1.29, 1.82) is 0 Å². The van der Waals surface area contributed by atoms with E-state index < -0.39 is 49.5 Å². The van der Waals surface area contributed by atoms with Crippen LogP contribution in [0.1, 0.15) is 44.7 Å². The standard InChI is InChI=1S/C30H27F5N2O6/c31-29(32,30(33,34)35)15-1-16-42-27(39)21-8-11-24(12-9-21)43-28(40)22-5-2-19(3-6-22)4-13-26(38)41-17-14-20-7-10-23(36)18-25(20)37/h2-13,18H,1,14-17,36-37H2/b13-4+. The maximum absolute atomic E-state index is 12.9. The average molecular weight is 607 g/mol. The van der Waals surface area contributed by atoms with Crippen molar-refractivity contribution in [3.8, 4) is 5.75 Å². The number of esters is 3. The lowest BCUT2D eigenvalue weighted by atomic mass is 10.1. The number of rotatable bonds is 12. The third-order valence-corrected chi connectivity index (χ3v) is 5.93. The SMILES string of the molecule is Nc1ccc(CCOC(=O)/C=C/c2ccc(C(=O)Oc3ccc(C(=O)OCCCC(F)(F)C(F)(F)F)cc3)cc2)c(N)c1. The van der Waals surface area contributed by atoms with Gasteiger partial charge in [0.1, 0.15) is 5.75 Å². The zero-order valence-corrected chi connectivity index (χ0v) is 22.5. The zero-order chi connectivity index (χ0) is 31.6. The minimum atomic E-state index is -5.67. The molecule has 228 valence electrons. The summed E-state index contributed by atoms with van der Waals surface area (Å²) in [5, 5.41) is 0. The van der Waals surface area contributed by atoms with Crippen molar-refractivity contribution in [3.63, 3.8) is 0 Å².